The van der Waals surface area contributed by atoms with Crippen molar-refractivity contribution in [3.8, 4) is 0 Å². The van der Waals surface area contributed by atoms with Crippen LogP contribution in [0.1, 0.15) is 21.5 Å². The average Bonchev–Trinajstić information content (AvgIpc) is 2.63. The van der Waals surface area contributed by atoms with Crippen LogP contribution in [0.4, 0.5) is 4.39 Å². The van der Waals surface area contributed by atoms with Gasteiger partial charge < -0.3 is 14.9 Å². The topological polar surface area (TPSA) is 77.9 Å². The molecule has 0 radical (unpaired) electrons. The predicted molar refractivity (Wildman–Crippen MR) is 90.6 cm³/mol. The zero-order chi connectivity index (χ0) is 18.7. The van der Waals surface area contributed by atoms with E-state index in [0.29, 0.717) is 13.1 Å². The summed E-state index contributed by atoms with van der Waals surface area (Å²) in [4.78, 5) is 38.4. The van der Waals surface area contributed by atoms with E-state index in [9.17, 15) is 18.8 Å². The lowest BCUT2D eigenvalue weighted by atomic mass is 10.1. The number of hydrogen-bond donors (Lipinski definition) is 1. The van der Waals surface area contributed by atoms with Crippen molar-refractivity contribution in [3.05, 3.63) is 71.0 Å². The Labute approximate surface area is 149 Å². The van der Waals surface area contributed by atoms with E-state index >= 15 is 0 Å². The second-order valence-electron chi connectivity index (χ2n) is 6.08. The van der Waals surface area contributed by atoms with Crippen LogP contribution in [0.15, 0.2) is 48.5 Å². The Morgan fingerprint density at radius 2 is 1.27 bits per heavy atom. The number of halogens is 1. The number of rotatable bonds is 5. The molecule has 1 heterocycles. The van der Waals surface area contributed by atoms with Crippen molar-refractivity contribution in [2.45, 2.75) is 13.1 Å². The number of carboxylic acid groups (broad SMARTS) is 1. The van der Waals surface area contributed by atoms with Gasteiger partial charge in [0.15, 0.2) is 0 Å². The molecule has 3 rings (SSSR count). The first-order valence-electron chi connectivity index (χ1n) is 8.09. The van der Waals surface area contributed by atoms with Gasteiger partial charge in [0.2, 0.25) is 0 Å². The molecule has 2 amide bonds. The summed E-state index contributed by atoms with van der Waals surface area (Å²) < 4.78 is 13.0. The molecule has 1 aliphatic rings. The molecule has 0 saturated carbocycles. The molecule has 26 heavy (non-hydrogen) atoms. The standard InChI is InChI=1S/C19H17FN2O4/c20-16-7-3-14(4-8-16)12-22-10-9-21(17(23)18(22)24)11-13-1-5-15(6-2-13)19(25)26/h1-8H,9-12H2,(H,25,26). The third-order valence-electron chi connectivity index (χ3n) is 4.26. The Morgan fingerprint density at radius 1 is 0.846 bits per heavy atom. The predicted octanol–water partition coefficient (Wildman–Crippen LogP) is 1.89. The van der Waals surface area contributed by atoms with E-state index in [-0.39, 0.29) is 24.5 Å². The molecular formula is C19H17FN2O4. The minimum Gasteiger partial charge on any atom is -0.478 e. The van der Waals surface area contributed by atoms with Gasteiger partial charge in [-0.3, -0.25) is 9.59 Å². The smallest absolute Gasteiger partial charge is 0.335 e. The monoisotopic (exact) mass is 356 g/mol. The Hall–Kier alpha value is -3.22. The summed E-state index contributed by atoms with van der Waals surface area (Å²) in [6.07, 6.45) is 0. The Balaban J connectivity index is 1.63. The third kappa shape index (κ3) is 3.88. The maximum Gasteiger partial charge on any atom is 0.335 e. The fourth-order valence-corrected chi connectivity index (χ4v) is 2.80. The second-order valence-corrected chi connectivity index (χ2v) is 6.08. The molecule has 2 aromatic carbocycles. The van der Waals surface area contributed by atoms with Gasteiger partial charge >= 0.3 is 17.8 Å². The molecule has 0 atom stereocenters. The Bertz CT molecular complexity index is 834. The number of hydrogen-bond acceptors (Lipinski definition) is 3. The van der Waals surface area contributed by atoms with Gasteiger partial charge in [-0.15, -0.1) is 0 Å². The van der Waals surface area contributed by atoms with Crippen LogP contribution in [0.3, 0.4) is 0 Å². The number of carboxylic acids is 1. The van der Waals surface area contributed by atoms with E-state index in [4.69, 9.17) is 5.11 Å². The van der Waals surface area contributed by atoms with E-state index in [1.165, 1.54) is 34.1 Å². The molecule has 2 aromatic rings. The molecule has 0 spiro atoms. The Morgan fingerprint density at radius 3 is 1.69 bits per heavy atom. The van der Waals surface area contributed by atoms with Crippen molar-refractivity contribution in [2.75, 3.05) is 13.1 Å². The van der Waals surface area contributed by atoms with Gasteiger partial charge in [-0.25, -0.2) is 9.18 Å². The average molecular weight is 356 g/mol. The van der Waals surface area contributed by atoms with Gasteiger partial charge in [-0.1, -0.05) is 24.3 Å². The van der Waals surface area contributed by atoms with E-state index in [1.807, 2.05) is 0 Å². The molecule has 7 heteroatoms. The highest BCUT2D eigenvalue weighted by Gasteiger charge is 2.32. The molecule has 6 nitrogen and oxygen atoms in total. The first-order chi connectivity index (χ1) is 12.4. The summed E-state index contributed by atoms with van der Waals surface area (Å²) in [7, 11) is 0. The lowest BCUT2D eigenvalue weighted by molar-refractivity contribution is -0.156. The summed E-state index contributed by atoms with van der Waals surface area (Å²) in [5, 5.41) is 8.90. The zero-order valence-corrected chi connectivity index (χ0v) is 13.9. The molecule has 1 N–H and O–H groups in total. The minimum absolute atomic E-state index is 0.167. The molecule has 134 valence electrons. The fourth-order valence-electron chi connectivity index (χ4n) is 2.80. The summed E-state index contributed by atoms with van der Waals surface area (Å²) in [6.45, 7) is 1.27. The van der Waals surface area contributed by atoms with Crippen LogP contribution in [-0.2, 0) is 22.7 Å². The molecule has 0 aromatic heterocycles. The summed E-state index contributed by atoms with van der Waals surface area (Å²) >= 11 is 0. The number of amides is 2. The highest BCUT2D eigenvalue weighted by atomic mass is 19.1. The van der Waals surface area contributed by atoms with Gasteiger partial charge in [0.1, 0.15) is 5.82 Å². The van der Waals surface area contributed by atoms with E-state index < -0.39 is 17.8 Å². The van der Waals surface area contributed by atoms with E-state index in [1.54, 1.807) is 24.3 Å². The molecule has 0 aliphatic carbocycles. The first-order valence-corrected chi connectivity index (χ1v) is 8.09. The van der Waals surface area contributed by atoms with Gasteiger partial charge in [-0.2, -0.15) is 0 Å². The van der Waals surface area contributed by atoms with Crippen LogP contribution in [-0.4, -0.2) is 45.8 Å². The molecular weight excluding hydrogens is 339 g/mol. The quantitative estimate of drug-likeness (QED) is 0.830. The Kier molecular flexibility index (Phi) is 4.97. The second kappa shape index (κ2) is 7.35. The SMILES string of the molecule is O=C(O)c1ccc(CN2CCN(Cc3ccc(F)cc3)C(=O)C2=O)cc1. The third-order valence-corrected chi connectivity index (χ3v) is 4.26. The molecule has 0 bridgehead atoms. The van der Waals surface area contributed by atoms with Crippen LogP contribution in [0.2, 0.25) is 0 Å². The van der Waals surface area contributed by atoms with Gasteiger partial charge in [0.25, 0.3) is 0 Å². The van der Waals surface area contributed by atoms with Gasteiger partial charge in [0.05, 0.1) is 5.56 Å². The first kappa shape index (κ1) is 17.6. The molecule has 1 aliphatic heterocycles. The molecule has 1 fully saturated rings. The van der Waals surface area contributed by atoms with Gasteiger partial charge in [0, 0.05) is 26.2 Å². The van der Waals surface area contributed by atoms with Crippen molar-refractivity contribution in [2.24, 2.45) is 0 Å². The van der Waals surface area contributed by atoms with Crippen molar-refractivity contribution in [3.63, 3.8) is 0 Å². The number of benzene rings is 2. The number of aromatic carboxylic acids is 1. The number of carbonyl (C=O) groups is 3. The van der Waals surface area contributed by atoms with Gasteiger partial charge in [-0.05, 0) is 35.4 Å². The lowest BCUT2D eigenvalue weighted by Gasteiger charge is -2.33. The van der Waals surface area contributed by atoms with Crippen molar-refractivity contribution in [1.82, 2.24) is 9.80 Å². The molecule has 1 saturated heterocycles. The highest BCUT2D eigenvalue weighted by Crippen LogP contribution is 2.14. The van der Waals surface area contributed by atoms with Crippen LogP contribution in [0, 0.1) is 5.82 Å². The van der Waals surface area contributed by atoms with Crippen LogP contribution in [0.25, 0.3) is 0 Å². The van der Waals surface area contributed by atoms with Crippen LogP contribution >= 0.6 is 0 Å². The maximum absolute atomic E-state index is 13.0. The van der Waals surface area contributed by atoms with Crippen molar-refractivity contribution < 1.29 is 23.9 Å². The minimum atomic E-state index is -1.02. The molecule has 0 unspecified atom stereocenters. The normalized spacial score (nSPS) is 14.7. The lowest BCUT2D eigenvalue weighted by Crippen LogP contribution is -2.53. The zero-order valence-electron chi connectivity index (χ0n) is 13.9. The van der Waals surface area contributed by atoms with E-state index in [0.717, 1.165) is 11.1 Å². The van der Waals surface area contributed by atoms with Crippen molar-refractivity contribution in [1.29, 1.82) is 0 Å². The maximum atomic E-state index is 13.0. The number of carbonyl (C=O) groups excluding carboxylic acids is 2. The van der Waals surface area contributed by atoms with Crippen LogP contribution in [0.5, 0.6) is 0 Å². The summed E-state index contributed by atoms with van der Waals surface area (Å²) in [5.41, 5.74) is 1.67. The van der Waals surface area contributed by atoms with E-state index in [2.05, 4.69) is 0 Å². The van der Waals surface area contributed by atoms with Crippen molar-refractivity contribution >= 4 is 17.8 Å². The highest BCUT2D eigenvalue weighted by molar-refractivity contribution is 6.35. The number of nitrogens with zero attached hydrogens (tertiary/aromatic N) is 2. The van der Waals surface area contributed by atoms with Crippen LogP contribution < -0.4 is 0 Å². The number of piperazine rings is 1. The largest absolute Gasteiger partial charge is 0.478 e. The summed E-state index contributed by atoms with van der Waals surface area (Å²) in [6, 6.07) is 12.0. The fraction of sp³-hybridized carbons (Fsp3) is 0.211. The summed E-state index contributed by atoms with van der Waals surface area (Å²) in [5.74, 6) is -2.56.